The monoisotopic (exact) mass is 209 g/mol. The van der Waals surface area contributed by atoms with Gasteiger partial charge in [-0.15, -0.1) is 0 Å². The summed E-state index contributed by atoms with van der Waals surface area (Å²) in [5.74, 6) is -0.0864. The Morgan fingerprint density at radius 1 is 1.53 bits per heavy atom. The maximum Gasteiger partial charge on any atom is 0.165 e. The molecule has 0 spiro atoms. The van der Waals surface area contributed by atoms with Gasteiger partial charge in [0.2, 0.25) is 0 Å². The van der Waals surface area contributed by atoms with Crippen LogP contribution in [0.2, 0.25) is 0 Å². The summed E-state index contributed by atoms with van der Waals surface area (Å²) in [5, 5.41) is 0. The Balaban J connectivity index is 2.97. The molecule has 0 amide bonds. The van der Waals surface area contributed by atoms with E-state index in [-0.39, 0.29) is 11.6 Å². The number of hydrogen-bond donors (Lipinski definition) is 1. The zero-order chi connectivity index (χ0) is 11.3. The average Bonchev–Trinajstić information content (AvgIpc) is 2.26. The van der Waals surface area contributed by atoms with Gasteiger partial charge in [0.25, 0.3) is 0 Å². The van der Waals surface area contributed by atoms with Gasteiger partial charge in [-0.3, -0.25) is 0 Å². The summed E-state index contributed by atoms with van der Waals surface area (Å²) in [5.41, 5.74) is 7.45. The molecule has 2 nitrogen and oxygen atoms in total. The summed E-state index contributed by atoms with van der Waals surface area (Å²) in [4.78, 5) is 0. The van der Waals surface area contributed by atoms with E-state index in [1.165, 1.54) is 13.2 Å². The van der Waals surface area contributed by atoms with Crippen LogP contribution in [0.1, 0.15) is 18.9 Å². The summed E-state index contributed by atoms with van der Waals surface area (Å²) < 4.78 is 18.2. The molecule has 82 valence electrons. The van der Waals surface area contributed by atoms with E-state index in [0.717, 1.165) is 17.6 Å². The first-order valence-electron chi connectivity index (χ1n) is 4.94. The van der Waals surface area contributed by atoms with Gasteiger partial charge in [0.15, 0.2) is 11.6 Å². The standard InChI is InChI=1S/C12H16FNO/c1-3-9(8-14)6-10-4-5-12(15-2)11(13)7-10/h4-7H,3,8,14H2,1-2H3. The highest BCUT2D eigenvalue weighted by molar-refractivity contribution is 5.54. The molecular formula is C12H16FNO. The molecule has 0 aromatic heterocycles. The van der Waals surface area contributed by atoms with Crippen molar-refractivity contribution >= 4 is 6.08 Å². The van der Waals surface area contributed by atoms with Crippen LogP contribution < -0.4 is 10.5 Å². The van der Waals surface area contributed by atoms with E-state index < -0.39 is 0 Å². The summed E-state index contributed by atoms with van der Waals surface area (Å²) in [6.07, 6.45) is 2.78. The highest BCUT2D eigenvalue weighted by Gasteiger charge is 2.02. The van der Waals surface area contributed by atoms with Crippen LogP contribution in [-0.4, -0.2) is 13.7 Å². The molecule has 3 heteroatoms. The lowest BCUT2D eigenvalue weighted by atomic mass is 10.1. The topological polar surface area (TPSA) is 35.2 Å². The van der Waals surface area contributed by atoms with Gasteiger partial charge in [0, 0.05) is 6.54 Å². The highest BCUT2D eigenvalue weighted by atomic mass is 19.1. The smallest absolute Gasteiger partial charge is 0.165 e. The van der Waals surface area contributed by atoms with Gasteiger partial charge in [-0.2, -0.15) is 0 Å². The van der Waals surface area contributed by atoms with Crippen molar-refractivity contribution < 1.29 is 9.13 Å². The Bertz CT molecular complexity index is 355. The van der Waals surface area contributed by atoms with Crippen molar-refractivity contribution in [3.63, 3.8) is 0 Å². The van der Waals surface area contributed by atoms with E-state index in [0.29, 0.717) is 6.54 Å². The van der Waals surface area contributed by atoms with Crippen molar-refractivity contribution in [2.24, 2.45) is 5.73 Å². The molecule has 0 fully saturated rings. The molecule has 0 aliphatic heterocycles. The van der Waals surface area contributed by atoms with Gasteiger partial charge in [-0.05, 0) is 24.1 Å². The molecular weight excluding hydrogens is 193 g/mol. The molecule has 1 aromatic carbocycles. The summed E-state index contributed by atoms with van der Waals surface area (Å²) >= 11 is 0. The molecule has 0 saturated carbocycles. The summed E-state index contributed by atoms with van der Waals surface area (Å²) in [6.45, 7) is 2.53. The SMILES string of the molecule is CCC(=Cc1ccc(OC)c(F)c1)CN. The molecule has 0 aliphatic carbocycles. The molecule has 2 N–H and O–H groups in total. The molecule has 1 rings (SSSR count). The van der Waals surface area contributed by atoms with Crippen molar-refractivity contribution in [1.82, 2.24) is 0 Å². The molecule has 0 unspecified atom stereocenters. The zero-order valence-electron chi connectivity index (χ0n) is 9.09. The van der Waals surface area contributed by atoms with Gasteiger partial charge in [-0.1, -0.05) is 24.6 Å². The van der Waals surface area contributed by atoms with Gasteiger partial charge >= 0.3 is 0 Å². The van der Waals surface area contributed by atoms with Crippen LogP contribution in [0.3, 0.4) is 0 Å². The van der Waals surface area contributed by atoms with E-state index in [1.54, 1.807) is 6.07 Å². The van der Waals surface area contributed by atoms with Crippen LogP contribution in [0.5, 0.6) is 5.75 Å². The van der Waals surface area contributed by atoms with Crippen LogP contribution >= 0.6 is 0 Å². The first-order chi connectivity index (χ1) is 7.21. The van der Waals surface area contributed by atoms with E-state index in [9.17, 15) is 4.39 Å². The van der Waals surface area contributed by atoms with Gasteiger partial charge in [0.1, 0.15) is 0 Å². The normalized spacial score (nSPS) is 11.6. The molecule has 0 atom stereocenters. The zero-order valence-corrected chi connectivity index (χ0v) is 9.09. The number of benzene rings is 1. The number of ether oxygens (including phenoxy) is 1. The van der Waals surface area contributed by atoms with E-state index in [1.807, 2.05) is 19.1 Å². The van der Waals surface area contributed by atoms with Crippen molar-refractivity contribution in [2.45, 2.75) is 13.3 Å². The molecule has 0 radical (unpaired) electrons. The maximum atomic E-state index is 13.3. The first kappa shape index (κ1) is 11.7. The van der Waals surface area contributed by atoms with Crippen LogP contribution in [0.15, 0.2) is 23.8 Å². The third-order valence-corrected chi connectivity index (χ3v) is 2.26. The van der Waals surface area contributed by atoms with Crippen molar-refractivity contribution in [3.05, 3.63) is 35.2 Å². The fraction of sp³-hybridized carbons (Fsp3) is 0.333. The lowest BCUT2D eigenvalue weighted by molar-refractivity contribution is 0.386. The lowest BCUT2D eigenvalue weighted by Crippen LogP contribution is -2.01. The van der Waals surface area contributed by atoms with Crippen molar-refractivity contribution in [2.75, 3.05) is 13.7 Å². The van der Waals surface area contributed by atoms with E-state index in [2.05, 4.69) is 0 Å². The molecule has 0 bridgehead atoms. The Morgan fingerprint density at radius 2 is 2.27 bits per heavy atom. The Kier molecular flexibility index (Phi) is 4.31. The number of halogens is 1. The predicted octanol–water partition coefficient (Wildman–Crippen LogP) is 2.59. The third-order valence-electron chi connectivity index (χ3n) is 2.26. The second kappa shape index (κ2) is 5.51. The number of methoxy groups -OCH3 is 1. The van der Waals surface area contributed by atoms with Crippen LogP contribution in [0, 0.1) is 5.82 Å². The Labute approximate surface area is 89.6 Å². The minimum absolute atomic E-state index is 0.262. The molecule has 0 heterocycles. The second-order valence-electron chi connectivity index (χ2n) is 3.25. The molecule has 0 saturated heterocycles. The quantitative estimate of drug-likeness (QED) is 0.827. The van der Waals surface area contributed by atoms with Crippen molar-refractivity contribution in [3.8, 4) is 5.75 Å². The highest BCUT2D eigenvalue weighted by Crippen LogP contribution is 2.19. The second-order valence-corrected chi connectivity index (χ2v) is 3.25. The number of hydrogen-bond acceptors (Lipinski definition) is 2. The fourth-order valence-corrected chi connectivity index (χ4v) is 1.31. The molecule has 0 aliphatic rings. The van der Waals surface area contributed by atoms with Gasteiger partial charge in [-0.25, -0.2) is 4.39 Å². The van der Waals surface area contributed by atoms with Crippen LogP contribution in [0.25, 0.3) is 6.08 Å². The Morgan fingerprint density at radius 3 is 2.73 bits per heavy atom. The van der Waals surface area contributed by atoms with Crippen LogP contribution in [-0.2, 0) is 0 Å². The summed E-state index contributed by atoms with van der Waals surface area (Å²) in [6, 6.07) is 4.88. The molecule has 1 aromatic rings. The minimum Gasteiger partial charge on any atom is -0.494 e. The van der Waals surface area contributed by atoms with Crippen LogP contribution in [0.4, 0.5) is 4.39 Å². The van der Waals surface area contributed by atoms with E-state index in [4.69, 9.17) is 10.5 Å². The largest absolute Gasteiger partial charge is 0.494 e. The van der Waals surface area contributed by atoms with Gasteiger partial charge < -0.3 is 10.5 Å². The van der Waals surface area contributed by atoms with Crippen molar-refractivity contribution in [1.29, 1.82) is 0 Å². The Hall–Kier alpha value is -1.35. The number of rotatable bonds is 4. The fourth-order valence-electron chi connectivity index (χ4n) is 1.31. The number of nitrogens with two attached hydrogens (primary N) is 1. The lowest BCUT2D eigenvalue weighted by Gasteiger charge is -2.04. The predicted molar refractivity (Wildman–Crippen MR) is 60.3 cm³/mol. The molecule has 15 heavy (non-hydrogen) atoms. The first-order valence-corrected chi connectivity index (χ1v) is 4.94. The average molecular weight is 209 g/mol. The van der Waals surface area contributed by atoms with Gasteiger partial charge in [0.05, 0.1) is 7.11 Å². The van der Waals surface area contributed by atoms with E-state index >= 15 is 0 Å². The minimum atomic E-state index is -0.348. The summed E-state index contributed by atoms with van der Waals surface area (Å²) in [7, 11) is 1.45. The third kappa shape index (κ3) is 3.06. The maximum absolute atomic E-state index is 13.3.